The van der Waals surface area contributed by atoms with E-state index in [1.807, 2.05) is 31.3 Å². The van der Waals surface area contributed by atoms with Crippen LogP contribution in [-0.4, -0.2) is 14.8 Å². The van der Waals surface area contributed by atoms with Gasteiger partial charge in [0, 0.05) is 12.1 Å². The van der Waals surface area contributed by atoms with E-state index in [0.717, 1.165) is 16.6 Å². The molecule has 0 fully saturated rings. The molecule has 0 atom stereocenters. The average Bonchev–Trinajstić information content (AvgIpc) is 2.79. The number of nitrogens with two attached hydrogens (primary N) is 1. The van der Waals surface area contributed by atoms with Crippen molar-refractivity contribution in [3.05, 3.63) is 40.6 Å². The van der Waals surface area contributed by atoms with Gasteiger partial charge in [0.1, 0.15) is 10.7 Å². The third-order valence-corrected chi connectivity index (χ3v) is 3.23. The number of halogens is 1. The fraction of sp³-hybridized carbons (Fsp3) is 0.167. The van der Waals surface area contributed by atoms with Crippen molar-refractivity contribution in [3.8, 4) is 11.5 Å². The summed E-state index contributed by atoms with van der Waals surface area (Å²) in [6.45, 7) is 2.83. The second kappa shape index (κ2) is 5.49. The van der Waals surface area contributed by atoms with Gasteiger partial charge in [-0.25, -0.2) is 0 Å². The molecule has 0 aliphatic heterocycles. The lowest BCUT2D eigenvalue weighted by Gasteiger charge is -2.07. The first-order chi connectivity index (χ1) is 8.60. The fourth-order valence-electron chi connectivity index (χ4n) is 1.43. The Labute approximate surface area is 119 Å². The number of aryl methyl sites for hydroxylation is 1. The number of hydrogen-bond donors (Lipinski definition) is 1. The molecule has 0 saturated heterocycles. The van der Waals surface area contributed by atoms with Gasteiger partial charge in [-0.15, -0.1) is 0 Å². The van der Waals surface area contributed by atoms with Gasteiger partial charge in [-0.2, -0.15) is 5.10 Å². The zero-order valence-corrected chi connectivity index (χ0v) is 12.2. The molecule has 2 aromatic rings. The standard InChI is InChI=1S/C12H12BrN3OS/c1-2-16-7-9(6-15-16)17-11-4-3-8(12(14)18)5-10(11)13/h3-7H,2H2,1H3,(H2,14,18). The molecule has 94 valence electrons. The van der Waals surface area contributed by atoms with Crippen molar-refractivity contribution in [2.75, 3.05) is 0 Å². The van der Waals surface area contributed by atoms with E-state index in [0.29, 0.717) is 16.5 Å². The third-order valence-electron chi connectivity index (χ3n) is 2.38. The molecule has 0 aliphatic carbocycles. The topological polar surface area (TPSA) is 53.1 Å². The summed E-state index contributed by atoms with van der Waals surface area (Å²) in [5.41, 5.74) is 6.36. The van der Waals surface area contributed by atoms with Crippen molar-refractivity contribution in [1.29, 1.82) is 0 Å². The lowest BCUT2D eigenvalue weighted by Crippen LogP contribution is -2.08. The maximum Gasteiger partial charge on any atom is 0.165 e. The zero-order chi connectivity index (χ0) is 13.1. The van der Waals surface area contributed by atoms with Crippen LogP contribution in [0.5, 0.6) is 11.5 Å². The van der Waals surface area contributed by atoms with Crippen LogP contribution < -0.4 is 10.5 Å². The predicted molar refractivity (Wildman–Crippen MR) is 78.0 cm³/mol. The van der Waals surface area contributed by atoms with E-state index in [1.54, 1.807) is 10.9 Å². The Hall–Kier alpha value is -1.40. The minimum Gasteiger partial charge on any atom is -0.453 e. The Morgan fingerprint density at radius 3 is 2.89 bits per heavy atom. The molecule has 0 unspecified atom stereocenters. The van der Waals surface area contributed by atoms with Crippen LogP contribution in [0.4, 0.5) is 0 Å². The summed E-state index contributed by atoms with van der Waals surface area (Å²) in [6, 6.07) is 5.48. The Morgan fingerprint density at radius 2 is 2.33 bits per heavy atom. The average molecular weight is 326 g/mol. The van der Waals surface area contributed by atoms with Crippen LogP contribution in [0.3, 0.4) is 0 Å². The summed E-state index contributed by atoms with van der Waals surface area (Å²) in [6.07, 6.45) is 3.52. The molecule has 2 rings (SSSR count). The number of ether oxygens (including phenoxy) is 1. The molecule has 1 heterocycles. The highest BCUT2D eigenvalue weighted by molar-refractivity contribution is 9.10. The highest BCUT2D eigenvalue weighted by Crippen LogP contribution is 2.30. The van der Waals surface area contributed by atoms with E-state index >= 15 is 0 Å². The van der Waals surface area contributed by atoms with E-state index in [-0.39, 0.29) is 0 Å². The van der Waals surface area contributed by atoms with Gasteiger partial charge < -0.3 is 10.5 Å². The lowest BCUT2D eigenvalue weighted by molar-refractivity contribution is 0.478. The van der Waals surface area contributed by atoms with E-state index in [1.165, 1.54) is 0 Å². The van der Waals surface area contributed by atoms with Gasteiger partial charge >= 0.3 is 0 Å². The summed E-state index contributed by atoms with van der Waals surface area (Å²) >= 11 is 8.35. The second-order valence-electron chi connectivity index (χ2n) is 3.64. The molecule has 0 saturated carbocycles. The summed E-state index contributed by atoms with van der Waals surface area (Å²) in [4.78, 5) is 0.362. The van der Waals surface area contributed by atoms with E-state index in [9.17, 15) is 0 Å². The number of benzene rings is 1. The molecule has 0 aliphatic rings. The number of aromatic nitrogens is 2. The number of hydrogen-bond acceptors (Lipinski definition) is 3. The minimum absolute atomic E-state index is 0.362. The summed E-state index contributed by atoms with van der Waals surface area (Å²) < 4.78 is 8.31. The Bertz CT molecular complexity index is 582. The van der Waals surface area contributed by atoms with Crippen molar-refractivity contribution in [2.24, 2.45) is 5.73 Å². The highest BCUT2D eigenvalue weighted by Gasteiger charge is 2.07. The molecular formula is C12H12BrN3OS. The highest BCUT2D eigenvalue weighted by atomic mass is 79.9. The molecule has 0 radical (unpaired) electrons. The maximum atomic E-state index is 5.71. The molecular weight excluding hydrogens is 314 g/mol. The van der Waals surface area contributed by atoms with Gasteiger partial charge in [0.25, 0.3) is 0 Å². The quantitative estimate of drug-likeness (QED) is 0.877. The van der Waals surface area contributed by atoms with E-state index in [4.69, 9.17) is 22.7 Å². The van der Waals surface area contributed by atoms with Crippen LogP contribution in [-0.2, 0) is 6.54 Å². The summed E-state index contributed by atoms with van der Waals surface area (Å²) in [7, 11) is 0. The molecule has 1 aromatic heterocycles. The molecule has 0 amide bonds. The number of rotatable bonds is 4. The van der Waals surface area contributed by atoms with Crippen molar-refractivity contribution in [1.82, 2.24) is 9.78 Å². The van der Waals surface area contributed by atoms with Crippen molar-refractivity contribution >= 4 is 33.1 Å². The van der Waals surface area contributed by atoms with Crippen LogP contribution in [0.2, 0.25) is 0 Å². The summed E-state index contributed by atoms with van der Waals surface area (Å²) in [5.74, 6) is 1.39. The zero-order valence-electron chi connectivity index (χ0n) is 9.76. The van der Waals surface area contributed by atoms with Gasteiger partial charge in [0.2, 0.25) is 0 Å². The van der Waals surface area contributed by atoms with Crippen LogP contribution in [0.25, 0.3) is 0 Å². The monoisotopic (exact) mass is 325 g/mol. The van der Waals surface area contributed by atoms with E-state index < -0.39 is 0 Å². The van der Waals surface area contributed by atoms with Crippen LogP contribution in [0.15, 0.2) is 35.1 Å². The maximum absolute atomic E-state index is 5.71. The first kappa shape index (κ1) is 13.0. The first-order valence-corrected chi connectivity index (χ1v) is 6.60. The number of nitrogens with zero attached hydrogens (tertiary/aromatic N) is 2. The Balaban J connectivity index is 2.21. The van der Waals surface area contributed by atoms with Crippen LogP contribution in [0, 0.1) is 0 Å². The molecule has 18 heavy (non-hydrogen) atoms. The van der Waals surface area contributed by atoms with Crippen LogP contribution >= 0.6 is 28.1 Å². The predicted octanol–water partition coefficient (Wildman–Crippen LogP) is 3.09. The molecule has 4 nitrogen and oxygen atoms in total. The normalized spacial score (nSPS) is 10.3. The SMILES string of the molecule is CCn1cc(Oc2ccc(C(N)=S)cc2Br)cn1. The largest absolute Gasteiger partial charge is 0.453 e. The van der Waals surface area contributed by atoms with Crippen molar-refractivity contribution in [2.45, 2.75) is 13.5 Å². The van der Waals surface area contributed by atoms with Crippen molar-refractivity contribution < 1.29 is 4.74 Å². The van der Waals surface area contributed by atoms with Crippen LogP contribution in [0.1, 0.15) is 12.5 Å². The second-order valence-corrected chi connectivity index (χ2v) is 4.94. The van der Waals surface area contributed by atoms with E-state index in [2.05, 4.69) is 21.0 Å². The molecule has 6 heteroatoms. The Morgan fingerprint density at radius 1 is 1.56 bits per heavy atom. The van der Waals surface area contributed by atoms with Gasteiger partial charge in [-0.1, -0.05) is 12.2 Å². The summed E-state index contributed by atoms with van der Waals surface area (Å²) in [5, 5.41) is 4.14. The lowest BCUT2D eigenvalue weighted by atomic mass is 10.2. The minimum atomic E-state index is 0.362. The molecule has 1 aromatic carbocycles. The molecule has 2 N–H and O–H groups in total. The van der Waals surface area contributed by atoms with Gasteiger partial charge in [0.15, 0.2) is 5.75 Å². The first-order valence-electron chi connectivity index (χ1n) is 5.40. The molecule has 0 spiro atoms. The van der Waals surface area contributed by atoms with Gasteiger partial charge in [0.05, 0.1) is 16.9 Å². The Kier molecular flexibility index (Phi) is 3.98. The number of thiocarbonyl (C=S) groups is 1. The third kappa shape index (κ3) is 2.88. The van der Waals surface area contributed by atoms with Crippen molar-refractivity contribution in [3.63, 3.8) is 0 Å². The molecule has 0 bridgehead atoms. The van der Waals surface area contributed by atoms with Gasteiger partial charge in [-0.05, 0) is 41.1 Å². The van der Waals surface area contributed by atoms with Gasteiger partial charge in [-0.3, -0.25) is 4.68 Å². The fourth-order valence-corrected chi connectivity index (χ4v) is 2.02. The smallest absolute Gasteiger partial charge is 0.165 e.